The Kier molecular flexibility index (Phi) is 6.12. The maximum Gasteiger partial charge on any atom is 0.0513 e. The number of hydrogen-bond donors (Lipinski definition) is 1. The number of hydrogen-bond acceptors (Lipinski definition) is 2. The summed E-state index contributed by atoms with van der Waals surface area (Å²) in [5.74, 6) is 0.763. The summed E-state index contributed by atoms with van der Waals surface area (Å²) in [6, 6.07) is 8.12. The lowest BCUT2D eigenvalue weighted by atomic mass is 10.1. The fraction of sp³-hybridized carbons (Fsp3) is 0.667. The molecular weight excluding hydrogens is 324 g/mol. The first-order valence-electron chi connectivity index (χ1n) is 8.25. The smallest absolute Gasteiger partial charge is 0.0513 e. The molecule has 1 N–H and O–H groups in total. The van der Waals surface area contributed by atoms with Gasteiger partial charge in [-0.15, -0.1) is 0 Å². The van der Waals surface area contributed by atoms with Crippen molar-refractivity contribution in [2.75, 3.05) is 11.4 Å². The third-order valence-corrected chi connectivity index (χ3v) is 4.61. The maximum atomic E-state index is 3.79. The molecule has 0 aromatic heterocycles. The van der Waals surface area contributed by atoms with Gasteiger partial charge in [0.1, 0.15) is 0 Å². The molecule has 0 atom stereocenters. The van der Waals surface area contributed by atoms with Crippen LogP contribution in [-0.2, 0) is 6.54 Å². The number of rotatable bonds is 8. The molecule has 0 bridgehead atoms. The number of halogens is 1. The summed E-state index contributed by atoms with van der Waals surface area (Å²) in [5.41, 5.74) is 2.71. The fourth-order valence-corrected chi connectivity index (χ4v) is 3.15. The van der Waals surface area contributed by atoms with Crippen LogP contribution in [0.2, 0.25) is 0 Å². The molecule has 21 heavy (non-hydrogen) atoms. The van der Waals surface area contributed by atoms with Crippen molar-refractivity contribution < 1.29 is 0 Å². The van der Waals surface area contributed by atoms with E-state index in [-0.39, 0.29) is 0 Å². The van der Waals surface area contributed by atoms with Crippen molar-refractivity contribution in [2.24, 2.45) is 5.92 Å². The molecule has 1 saturated carbocycles. The molecule has 2 rings (SSSR count). The van der Waals surface area contributed by atoms with E-state index in [2.05, 4.69) is 72.0 Å². The standard InChI is InChI=1S/C18H29BrN2/c1-13(2)9-10-21(16-6-7-16)18-8-5-15(11-17(18)19)12-20-14(3)4/h5,8,11,13-14,16,20H,6-7,9-10,12H2,1-4H3. The van der Waals surface area contributed by atoms with Crippen molar-refractivity contribution >= 4 is 21.6 Å². The monoisotopic (exact) mass is 352 g/mol. The summed E-state index contributed by atoms with van der Waals surface area (Å²) in [5, 5.41) is 3.48. The van der Waals surface area contributed by atoms with Gasteiger partial charge in [-0.05, 0) is 58.8 Å². The molecule has 0 unspecified atom stereocenters. The van der Waals surface area contributed by atoms with Crippen molar-refractivity contribution in [3.8, 4) is 0 Å². The largest absolute Gasteiger partial charge is 0.368 e. The van der Waals surface area contributed by atoms with Crippen LogP contribution >= 0.6 is 15.9 Å². The molecule has 1 aromatic rings. The topological polar surface area (TPSA) is 15.3 Å². The summed E-state index contributed by atoms with van der Waals surface area (Å²) in [6.07, 6.45) is 3.96. The Hall–Kier alpha value is -0.540. The van der Waals surface area contributed by atoms with Crippen molar-refractivity contribution in [3.63, 3.8) is 0 Å². The van der Waals surface area contributed by atoms with E-state index in [0.29, 0.717) is 6.04 Å². The van der Waals surface area contributed by atoms with Crippen LogP contribution < -0.4 is 10.2 Å². The van der Waals surface area contributed by atoms with Crippen LogP contribution in [0.3, 0.4) is 0 Å². The first-order valence-corrected chi connectivity index (χ1v) is 9.05. The molecule has 2 nitrogen and oxygen atoms in total. The lowest BCUT2D eigenvalue weighted by Crippen LogP contribution is -2.28. The van der Waals surface area contributed by atoms with E-state index in [1.54, 1.807) is 0 Å². The molecule has 1 aromatic carbocycles. The minimum Gasteiger partial charge on any atom is -0.368 e. The van der Waals surface area contributed by atoms with Gasteiger partial charge in [0.2, 0.25) is 0 Å². The van der Waals surface area contributed by atoms with Crippen molar-refractivity contribution in [3.05, 3.63) is 28.2 Å². The molecule has 0 heterocycles. The molecule has 118 valence electrons. The Bertz CT molecular complexity index is 453. The Morgan fingerprint density at radius 2 is 1.95 bits per heavy atom. The van der Waals surface area contributed by atoms with E-state index in [9.17, 15) is 0 Å². The van der Waals surface area contributed by atoms with Gasteiger partial charge < -0.3 is 10.2 Å². The van der Waals surface area contributed by atoms with E-state index in [1.165, 1.54) is 41.5 Å². The highest BCUT2D eigenvalue weighted by molar-refractivity contribution is 9.10. The first-order chi connectivity index (χ1) is 9.97. The van der Waals surface area contributed by atoms with Crippen LogP contribution in [0.15, 0.2) is 22.7 Å². The minimum atomic E-state index is 0.525. The second kappa shape index (κ2) is 7.64. The van der Waals surface area contributed by atoms with Gasteiger partial charge in [0.05, 0.1) is 5.69 Å². The van der Waals surface area contributed by atoms with E-state index in [4.69, 9.17) is 0 Å². The average molecular weight is 353 g/mol. The van der Waals surface area contributed by atoms with Gasteiger partial charge >= 0.3 is 0 Å². The first kappa shape index (κ1) is 16.8. The molecule has 3 heteroatoms. The molecule has 0 amide bonds. The molecule has 1 aliphatic carbocycles. The third-order valence-electron chi connectivity index (χ3n) is 3.97. The maximum absolute atomic E-state index is 3.79. The minimum absolute atomic E-state index is 0.525. The SMILES string of the molecule is CC(C)CCN(c1ccc(CNC(C)C)cc1Br)C1CC1. The van der Waals surface area contributed by atoms with Crippen LogP contribution in [0.4, 0.5) is 5.69 Å². The molecule has 0 aliphatic heterocycles. The van der Waals surface area contributed by atoms with Crippen LogP contribution in [0.5, 0.6) is 0 Å². The molecular formula is C18H29BrN2. The zero-order valence-electron chi connectivity index (χ0n) is 13.8. The van der Waals surface area contributed by atoms with Gasteiger partial charge in [0.25, 0.3) is 0 Å². The number of nitrogens with zero attached hydrogens (tertiary/aromatic N) is 1. The highest BCUT2D eigenvalue weighted by atomic mass is 79.9. The molecule has 1 aliphatic rings. The van der Waals surface area contributed by atoms with E-state index >= 15 is 0 Å². The molecule has 0 saturated heterocycles. The Morgan fingerprint density at radius 3 is 2.48 bits per heavy atom. The summed E-state index contributed by atoms with van der Waals surface area (Å²) in [4.78, 5) is 2.60. The highest BCUT2D eigenvalue weighted by Gasteiger charge is 2.30. The average Bonchev–Trinajstić information content (AvgIpc) is 3.22. The lowest BCUT2D eigenvalue weighted by molar-refractivity contribution is 0.570. The van der Waals surface area contributed by atoms with Crippen LogP contribution in [-0.4, -0.2) is 18.6 Å². The van der Waals surface area contributed by atoms with Crippen LogP contribution in [0, 0.1) is 5.92 Å². The zero-order chi connectivity index (χ0) is 15.4. The number of anilines is 1. The number of benzene rings is 1. The zero-order valence-corrected chi connectivity index (χ0v) is 15.4. The second-order valence-electron chi connectivity index (χ2n) is 6.93. The Balaban J connectivity index is 2.06. The van der Waals surface area contributed by atoms with E-state index in [1.807, 2.05) is 0 Å². The van der Waals surface area contributed by atoms with Gasteiger partial charge in [-0.3, -0.25) is 0 Å². The van der Waals surface area contributed by atoms with Gasteiger partial charge in [-0.1, -0.05) is 33.8 Å². The summed E-state index contributed by atoms with van der Waals surface area (Å²) >= 11 is 3.79. The third kappa shape index (κ3) is 5.30. The summed E-state index contributed by atoms with van der Waals surface area (Å²) in [7, 11) is 0. The predicted molar refractivity (Wildman–Crippen MR) is 95.9 cm³/mol. The molecule has 0 radical (unpaired) electrons. The Morgan fingerprint density at radius 1 is 1.24 bits per heavy atom. The lowest BCUT2D eigenvalue weighted by Gasteiger charge is -2.27. The van der Waals surface area contributed by atoms with E-state index < -0.39 is 0 Å². The molecule has 1 fully saturated rings. The van der Waals surface area contributed by atoms with Crippen LogP contribution in [0.25, 0.3) is 0 Å². The highest BCUT2D eigenvalue weighted by Crippen LogP contribution is 2.36. The van der Waals surface area contributed by atoms with Gasteiger partial charge in [0, 0.05) is 29.6 Å². The van der Waals surface area contributed by atoms with Gasteiger partial charge in [-0.25, -0.2) is 0 Å². The predicted octanol–water partition coefficient (Wildman–Crippen LogP) is 4.96. The van der Waals surface area contributed by atoms with Gasteiger partial charge in [-0.2, -0.15) is 0 Å². The Labute approximate surface area is 138 Å². The van der Waals surface area contributed by atoms with Gasteiger partial charge in [0.15, 0.2) is 0 Å². The number of nitrogens with one attached hydrogen (secondary N) is 1. The quantitative estimate of drug-likeness (QED) is 0.710. The fourth-order valence-electron chi connectivity index (χ4n) is 2.50. The van der Waals surface area contributed by atoms with E-state index in [0.717, 1.165) is 18.5 Å². The summed E-state index contributed by atoms with van der Waals surface area (Å²) < 4.78 is 1.24. The van der Waals surface area contributed by atoms with Crippen molar-refractivity contribution in [1.29, 1.82) is 0 Å². The molecule has 0 spiro atoms. The second-order valence-corrected chi connectivity index (χ2v) is 7.78. The van der Waals surface area contributed by atoms with Crippen molar-refractivity contribution in [2.45, 2.75) is 65.6 Å². The normalized spacial score (nSPS) is 15.0. The summed E-state index contributed by atoms with van der Waals surface area (Å²) in [6.45, 7) is 11.1. The van der Waals surface area contributed by atoms with Crippen LogP contribution in [0.1, 0.15) is 52.5 Å². The van der Waals surface area contributed by atoms with Crippen molar-refractivity contribution in [1.82, 2.24) is 5.32 Å².